The van der Waals surface area contributed by atoms with Crippen molar-refractivity contribution >= 4 is 23.4 Å². The minimum absolute atomic E-state index is 0.0147. The highest BCUT2D eigenvalue weighted by Gasteiger charge is 2.47. The molecule has 1 atom stereocenters. The summed E-state index contributed by atoms with van der Waals surface area (Å²) < 4.78 is 0. The molecule has 0 radical (unpaired) electrons. The van der Waals surface area contributed by atoms with E-state index >= 15 is 0 Å². The Morgan fingerprint density at radius 2 is 1.76 bits per heavy atom. The molecule has 0 unspecified atom stereocenters. The molecular formula is C21H22N2OS. The predicted octanol–water partition coefficient (Wildman–Crippen LogP) is 4.72. The van der Waals surface area contributed by atoms with Gasteiger partial charge in [0.2, 0.25) is 5.91 Å². The van der Waals surface area contributed by atoms with E-state index in [4.69, 9.17) is 5.26 Å². The Kier molecular flexibility index (Phi) is 4.62. The molecule has 0 saturated heterocycles. The van der Waals surface area contributed by atoms with Gasteiger partial charge in [-0.3, -0.25) is 4.79 Å². The van der Waals surface area contributed by atoms with E-state index in [0.29, 0.717) is 0 Å². The number of amides is 1. The van der Waals surface area contributed by atoms with Gasteiger partial charge >= 0.3 is 0 Å². The van der Waals surface area contributed by atoms with Crippen LogP contribution in [-0.2, 0) is 10.2 Å². The molecule has 0 aromatic heterocycles. The second kappa shape index (κ2) is 6.57. The Hall–Kier alpha value is -2.25. The first-order chi connectivity index (χ1) is 11.9. The van der Waals surface area contributed by atoms with Crippen molar-refractivity contribution in [3.05, 3.63) is 65.7 Å². The van der Waals surface area contributed by atoms with Crippen molar-refractivity contribution in [2.24, 2.45) is 0 Å². The normalized spacial score (nSPS) is 21.3. The minimum Gasteiger partial charge on any atom is -0.306 e. The minimum atomic E-state index is -0.341. The van der Waals surface area contributed by atoms with Crippen LogP contribution < -0.4 is 4.90 Å². The SMILES string of the molecule is CC1(C)C[C@@](C)(c2ccccc2)c2ccccc2N1C(=O)CSC#N. The summed E-state index contributed by atoms with van der Waals surface area (Å²) >= 11 is 0.996. The second-order valence-electron chi connectivity index (χ2n) is 7.31. The first-order valence-corrected chi connectivity index (χ1v) is 9.38. The van der Waals surface area contributed by atoms with Crippen LogP contribution >= 0.6 is 11.8 Å². The van der Waals surface area contributed by atoms with Crippen molar-refractivity contribution < 1.29 is 4.79 Å². The van der Waals surface area contributed by atoms with Gasteiger partial charge in [-0.1, -0.05) is 55.5 Å². The number of nitrogens with zero attached hydrogens (tertiary/aromatic N) is 2. The molecule has 0 N–H and O–H groups in total. The number of benzene rings is 2. The molecule has 0 spiro atoms. The summed E-state index contributed by atoms with van der Waals surface area (Å²) in [5, 5.41) is 10.8. The summed E-state index contributed by atoms with van der Waals surface area (Å²) in [5.41, 5.74) is 2.87. The number of rotatable bonds is 3. The lowest BCUT2D eigenvalue weighted by atomic mass is 9.65. The van der Waals surface area contributed by atoms with Crippen LogP contribution in [0.4, 0.5) is 5.69 Å². The van der Waals surface area contributed by atoms with Gasteiger partial charge in [-0.05, 0) is 49.2 Å². The van der Waals surface area contributed by atoms with Gasteiger partial charge in [0.1, 0.15) is 5.40 Å². The largest absolute Gasteiger partial charge is 0.306 e. The van der Waals surface area contributed by atoms with Crippen LogP contribution in [0, 0.1) is 10.7 Å². The number of carbonyl (C=O) groups is 1. The van der Waals surface area contributed by atoms with Gasteiger partial charge in [0, 0.05) is 16.6 Å². The highest BCUT2D eigenvalue weighted by molar-refractivity contribution is 8.04. The van der Waals surface area contributed by atoms with Crippen molar-refractivity contribution in [2.45, 2.75) is 38.1 Å². The van der Waals surface area contributed by atoms with E-state index < -0.39 is 0 Å². The molecular weight excluding hydrogens is 328 g/mol. The lowest BCUT2D eigenvalue weighted by Gasteiger charge is -2.51. The standard InChI is InChI=1S/C21H22N2OS/c1-20(2)14-21(3,16-9-5-4-6-10-16)17-11-7-8-12-18(17)23(20)19(24)13-25-15-22/h4-12H,13-14H2,1-3H3/t21-/m0/s1. The number of hydrogen-bond donors (Lipinski definition) is 0. The van der Waals surface area contributed by atoms with E-state index in [1.165, 1.54) is 5.56 Å². The van der Waals surface area contributed by atoms with Crippen LogP contribution in [0.15, 0.2) is 54.6 Å². The molecule has 0 fully saturated rings. The third kappa shape index (κ3) is 3.05. The molecule has 128 valence electrons. The fourth-order valence-electron chi connectivity index (χ4n) is 4.19. The summed E-state index contributed by atoms with van der Waals surface area (Å²) in [7, 11) is 0. The quantitative estimate of drug-likeness (QED) is 0.752. The number of carbonyl (C=O) groups excluding carboxylic acids is 1. The average molecular weight is 350 g/mol. The molecule has 3 nitrogen and oxygen atoms in total. The van der Waals surface area contributed by atoms with Crippen LogP contribution in [0.1, 0.15) is 38.3 Å². The number of fused-ring (bicyclic) bond motifs is 1. The lowest BCUT2D eigenvalue weighted by molar-refractivity contribution is -0.117. The number of thioether (sulfide) groups is 1. The van der Waals surface area contributed by atoms with Crippen LogP contribution in [0.25, 0.3) is 0 Å². The van der Waals surface area contributed by atoms with Crippen LogP contribution in [0.3, 0.4) is 0 Å². The first-order valence-electron chi connectivity index (χ1n) is 8.39. The van der Waals surface area contributed by atoms with E-state index in [-0.39, 0.29) is 22.6 Å². The molecule has 3 rings (SSSR count). The maximum Gasteiger partial charge on any atom is 0.238 e. The van der Waals surface area contributed by atoms with E-state index in [2.05, 4.69) is 51.1 Å². The maximum atomic E-state index is 12.8. The molecule has 2 aromatic rings. The number of nitriles is 1. The van der Waals surface area contributed by atoms with E-state index in [1.54, 1.807) is 0 Å². The molecule has 1 aliphatic rings. The predicted molar refractivity (Wildman–Crippen MR) is 104 cm³/mol. The molecule has 2 aromatic carbocycles. The monoisotopic (exact) mass is 350 g/mol. The number of hydrogen-bond acceptors (Lipinski definition) is 3. The van der Waals surface area contributed by atoms with Crippen LogP contribution in [0.2, 0.25) is 0 Å². The molecule has 1 amide bonds. The molecule has 0 aliphatic carbocycles. The molecule has 1 aliphatic heterocycles. The van der Waals surface area contributed by atoms with Gasteiger partial charge in [0.25, 0.3) is 0 Å². The third-order valence-electron chi connectivity index (χ3n) is 5.05. The van der Waals surface area contributed by atoms with Gasteiger partial charge in [0.05, 0.1) is 5.75 Å². The molecule has 0 bridgehead atoms. The van der Waals surface area contributed by atoms with Crippen molar-refractivity contribution in [3.8, 4) is 5.40 Å². The average Bonchev–Trinajstić information content (AvgIpc) is 2.60. The zero-order chi connectivity index (χ0) is 18.1. The lowest BCUT2D eigenvalue weighted by Crippen LogP contribution is -2.56. The van der Waals surface area contributed by atoms with Gasteiger partial charge in [-0.25, -0.2) is 0 Å². The summed E-state index contributed by atoms with van der Waals surface area (Å²) in [5.74, 6) is 0.162. The first kappa shape index (κ1) is 17.6. The Bertz CT molecular complexity index is 825. The fourth-order valence-corrected chi connectivity index (χ4v) is 4.51. The zero-order valence-electron chi connectivity index (χ0n) is 14.8. The summed E-state index contributed by atoms with van der Waals surface area (Å²) in [6, 6.07) is 18.6. The fraction of sp³-hybridized carbons (Fsp3) is 0.333. The smallest absolute Gasteiger partial charge is 0.238 e. The van der Waals surface area contributed by atoms with E-state index in [0.717, 1.165) is 29.4 Å². The van der Waals surface area contributed by atoms with Crippen molar-refractivity contribution in [2.75, 3.05) is 10.7 Å². The highest BCUT2D eigenvalue weighted by Crippen LogP contribution is 2.50. The number of thiocyanates is 1. The zero-order valence-corrected chi connectivity index (χ0v) is 15.6. The van der Waals surface area contributed by atoms with Crippen molar-refractivity contribution in [3.63, 3.8) is 0 Å². The molecule has 4 heteroatoms. The third-order valence-corrected chi connectivity index (χ3v) is 5.57. The molecule has 1 heterocycles. The van der Waals surface area contributed by atoms with Crippen LogP contribution in [0.5, 0.6) is 0 Å². The number of anilines is 1. The Morgan fingerprint density at radius 3 is 2.44 bits per heavy atom. The van der Waals surface area contributed by atoms with Crippen molar-refractivity contribution in [1.82, 2.24) is 0 Å². The van der Waals surface area contributed by atoms with Gasteiger partial charge < -0.3 is 4.90 Å². The van der Waals surface area contributed by atoms with E-state index in [9.17, 15) is 4.79 Å². The summed E-state index contributed by atoms with van der Waals surface area (Å²) in [6.45, 7) is 6.48. The summed E-state index contributed by atoms with van der Waals surface area (Å²) in [4.78, 5) is 14.7. The van der Waals surface area contributed by atoms with Crippen molar-refractivity contribution in [1.29, 1.82) is 5.26 Å². The van der Waals surface area contributed by atoms with Gasteiger partial charge in [0.15, 0.2) is 0 Å². The summed E-state index contributed by atoms with van der Waals surface area (Å²) in [6.07, 6.45) is 0.823. The number of para-hydroxylation sites is 1. The van der Waals surface area contributed by atoms with E-state index in [1.807, 2.05) is 34.6 Å². The maximum absolute atomic E-state index is 12.8. The Morgan fingerprint density at radius 1 is 1.12 bits per heavy atom. The van der Waals surface area contributed by atoms with Gasteiger partial charge in [-0.2, -0.15) is 5.26 Å². The molecule has 25 heavy (non-hydrogen) atoms. The molecule has 0 saturated carbocycles. The Balaban J connectivity index is 2.15. The second-order valence-corrected chi connectivity index (χ2v) is 8.07. The van der Waals surface area contributed by atoms with Crippen LogP contribution in [-0.4, -0.2) is 17.2 Å². The van der Waals surface area contributed by atoms with Gasteiger partial charge in [-0.15, -0.1) is 0 Å². The topological polar surface area (TPSA) is 44.1 Å². The highest BCUT2D eigenvalue weighted by atomic mass is 32.2. The Labute approximate surface area is 153 Å².